The molecule has 0 spiro atoms. The van der Waals surface area contributed by atoms with Crippen LogP contribution in [0.4, 0.5) is 5.69 Å². The average molecular weight is 370 g/mol. The number of hydrogen-bond donors (Lipinski definition) is 3. The van der Waals surface area contributed by atoms with Crippen molar-refractivity contribution in [3.8, 4) is 0 Å². The van der Waals surface area contributed by atoms with E-state index in [0.29, 0.717) is 11.3 Å². The van der Waals surface area contributed by atoms with Gasteiger partial charge in [-0.05, 0) is 74.0 Å². The molecule has 0 unspecified atom stereocenters. The minimum absolute atomic E-state index is 0.0934. The summed E-state index contributed by atoms with van der Waals surface area (Å²) in [6.07, 6.45) is 7.06. The number of oxime groups is 1. The van der Waals surface area contributed by atoms with Crippen LogP contribution in [0.15, 0.2) is 29.4 Å². The smallest absolute Gasteiger partial charge is 0.303 e. The van der Waals surface area contributed by atoms with Crippen LogP contribution in [0.1, 0.15) is 56.9 Å². The summed E-state index contributed by atoms with van der Waals surface area (Å²) in [5, 5.41) is 24.2. The van der Waals surface area contributed by atoms with E-state index in [-0.39, 0.29) is 24.2 Å². The standard InChI is InChI=1S/C21H26N2O4/c24-19(25)6-5-18(23-27)16-1-3-17(4-2-16)22-20(26)21-10-13-7-14(11-21)9-15(8-13)12-21/h1-4,13-15,27H,5-12H2,(H,22,26)(H,24,25). The highest BCUT2D eigenvalue weighted by Crippen LogP contribution is 2.60. The Morgan fingerprint density at radius 2 is 1.56 bits per heavy atom. The molecule has 1 amide bonds. The van der Waals surface area contributed by atoms with Crippen molar-refractivity contribution in [2.45, 2.75) is 51.4 Å². The summed E-state index contributed by atoms with van der Waals surface area (Å²) in [4.78, 5) is 23.8. The third-order valence-corrected chi connectivity index (χ3v) is 6.69. The van der Waals surface area contributed by atoms with Gasteiger partial charge in [-0.2, -0.15) is 0 Å². The number of hydrogen-bond acceptors (Lipinski definition) is 4. The summed E-state index contributed by atoms with van der Waals surface area (Å²) < 4.78 is 0. The van der Waals surface area contributed by atoms with Gasteiger partial charge in [0.25, 0.3) is 0 Å². The Balaban J connectivity index is 1.43. The molecule has 0 radical (unpaired) electrons. The lowest BCUT2D eigenvalue weighted by molar-refractivity contribution is -0.140. The number of carbonyl (C=O) groups excluding carboxylic acids is 1. The van der Waals surface area contributed by atoms with Crippen LogP contribution in [0.3, 0.4) is 0 Å². The zero-order valence-corrected chi connectivity index (χ0v) is 15.4. The number of rotatable bonds is 6. The van der Waals surface area contributed by atoms with E-state index >= 15 is 0 Å². The molecule has 1 aromatic carbocycles. The molecule has 27 heavy (non-hydrogen) atoms. The monoisotopic (exact) mass is 370 g/mol. The van der Waals surface area contributed by atoms with Crippen LogP contribution in [0.5, 0.6) is 0 Å². The summed E-state index contributed by atoms with van der Waals surface area (Å²) >= 11 is 0. The van der Waals surface area contributed by atoms with Gasteiger partial charge >= 0.3 is 5.97 Å². The summed E-state index contributed by atoms with van der Waals surface area (Å²) in [5.74, 6) is 1.39. The molecule has 4 bridgehead atoms. The maximum Gasteiger partial charge on any atom is 0.303 e. The van der Waals surface area contributed by atoms with Crippen LogP contribution in [-0.4, -0.2) is 27.9 Å². The first-order chi connectivity index (χ1) is 13.0. The van der Waals surface area contributed by atoms with E-state index in [4.69, 9.17) is 10.3 Å². The van der Waals surface area contributed by atoms with Crippen LogP contribution in [0, 0.1) is 23.2 Å². The fraction of sp³-hybridized carbons (Fsp3) is 0.571. The third-order valence-electron chi connectivity index (χ3n) is 6.69. The zero-order valence-electron chi connectivity index (χ0n) is 15.4. The van der Waals surface area contributed by atoms with Gasteiger partial charge in [-0.1, -0.05) is 17.3 Å². The summed E-state index contributed by atoms with van der Waals surface area (Å²) in [6.45, 7) is 0. The molecule has 0 aliphatic heterocycles. The molecule has 4 fully saturated rings. The van der Waals surface area contributed by atoms with Gasteiger partial charge in [0.1, 0.15) is 0 Å². The van der Waals surface area contributed by atoms with Crippen LogP contribution >= 0.6 is 0 Å². The molecule has 0 atom stereocenters. The van der Waals surface area contributed by atoms with Gasteiger partial charge in [0.2, 0.25) is 5.91 Å². The predicted molar refractivity (Wildman–Crippen MR) is 101 cm³/mol. The van der Waals surface area contributed by atoms with Crippen molar-refractivity contribution in [3.63, 3.8) is 0 Å². The van der Waals surface area contributed by atoms with Gasteiger partial charge in [0.05, 0.1) is 17.5 Å². The average Bonchev–Trinajstić information content (AvgIpc) is 2.62. The molecule has 1 aromatic rings. The highest BCUT2D eigenvalue weighted by Gasteiger charge is 2.54. The fourth-order valence-corrected chi connectivity index (χ4v) is 5.88. The molecule has 0 heterocycles. The highest BCUT2D eigenvalue weighted by molar-refractivity contribution is 6.02. The topological polar surface area (TPSA) is 99.0 Å². The number of aliphatic carboxylic acids is 1. The number of carbonyl (C=O) groups is 2. The Morgan fingerprint density at radius 3 is 2.04 bits per heavy atom. The van der Waals surface area contributed by atoms with Crippen molar-refractivity contribution >= 4 is 23.3 Å². The minimum atomic E-state index is -0.935. The Hall–Kier alpha value is -2.37. The second kappa shape index (κ2) is 6.98. The minimum Gasteiger partial charge on any atom is -0.481 e. The predicted octanol–water partition coefficient (Wildman–Crippen LogP) is 3.88. The van der Waals surface area contributed by atoms with E-state index in [1.165, 1.54) is 19.3 Å². The molecule has 144 valence electrons. The second-order valence-electron chi connectivity index (χ2n) is 8.67. The van der Waals surface area contributed by atoms with E-state index in [2.05, 4.69) is 10.5 Å². The van der Waals surface area contributed by atoms with E-state index in [9.17, 15) is 9.59 Å². The Labute approximate surface area is 158 Å². The quantitative estimate of drug-likeness (QED) is 0.402. The number of carboxylic acids is 1. The first-order valence-electron chi connectivity index (χ1n) is 9.82. The number of nitrogens with zero attached hydrogens (tertiary/aromatic N) is 1. The largest absolute Gasteiger partial charge is 0.481 e. The lowest BCUT2D eigenvalue weighted by Gasteiger charge is -2.55. The maximum atomic E-state index is 13.1. The van der Waals surface area contributed by atoms with E-state index in [1.54, 1.807) is 24.3 Å². The SMILES string of the molecule is O=C(O)CCC(=NO)c1ccc(NC(=O)C23CC4CC(CC(C4)C2)C3)cc1. The van der Waals surface area contributed by atoms with Crippen molar-refractivity contribution in [2.24, 2.45) is 28.3 Å². The lowest BCUT2D eigenvalue weighted by atomic mass is 9.49. The summed E-state index contributed by atoms with van der Waals surface area (Å²) in [6, 6.07) is 7.10. The molecule has 3 N–H and O–H groups in total. The van der Waals surface area contributed by atoms with Crippen molar-refractivity contribution < 1.29 is 19.9 Å². The first-order valence-corrected chi connectivity index (χ1v) is 9.82. The second-order valence-corrected chi connectivity index (χ2v) is 8.67. The normalized spacial score (nSPS) is 31.7. The molecule has 0 saturated heterocycles. The molecule has 5 rings (SSSR count). The Morgan fingerprint density at radius 1 is 1.00 bits per heavy atom. The van der Waals surface area contributed by atoms with Crippen LogP contribution in [0.2, 0.25) is 0 Å². The number of amides is 1. The van der Waals surface area contributed by atoms with Gasteiger partial charge in [-0.25, -0.2) is 0 Å². The van der Waals surface area contributed by atoms with Crippen molar-refractivity contribution in [2.75, 3.05) is 5.32 Å². The molecule has 4 aliphatic rings. The van der Waals surface area contributed by atoms with Crippen molar-refractivity contribution in [1.29, 1.82) is 0 Å². The molecule has 0 aromatic heterocycles. The number of anilines is 1. The van der Waals surface area contributed by atoms with Gasteiger partial charge < -0.3 is 15.6 Å². The van der Waals surface area contributed by atoms with Gasteiger partial charge in [-0.15, -0.1) is 0 Å². The third kappa shape index (κ3) is 3.57. The van der Waals surface area contributed by atoms with E-state index in [1.807, 2.05) is 0 Å². The first kappa shape index (κ1) is 18.0. The Bertz CT molecular complexity index is 734. The lowest BCUT2D eigenvalue weighted by Crippen LogP contribution is -2.51. The van der Waals surface area contributed by atoms with Crippen LogP contribution < -0.4 is 5.32 Å². The summed E-state index contributed by atoms with van der Waals surface area (Å²) in [5.41, 5.74) is 1.53. The molecular weight excluding hydrogens is 344 g/mol. The van der Waals surface area contributed by atoms with E-state index in [0.717, 1.165) is 42.7 Å². The molecule has 6 nitrogen and oxygen atoms in total. The van der Waals surface area contributed by atoms with E-state index < -0.39 is 5.97 Å². The highest BCUT2D eigenvalue weighted by atomic mass is 16.4. The molecular formula is C21H26N2O4. The number of benzene rings is 1. The molecule has 4 aliphatic carbocycles. The van der Waals surface area contributed by atoms with Crippen LogP contribution in [0.25, 0.3) is 0 Å². The van der Waals surface area contributed by atoms with Gasteiger partial charge in [0.15, 0.2) is 0 Å². The van der Waals surface area contributed by atoms with Crippen molar-refractivity contribution in [1.82, 2.24) is 0 Å². The zero-order chi connectivity index (χ0) is 19.0. The fourth-order valence-electron chi connectivity index (χ4n) is 5.88. The number of carboxylic acid groups (broad SMARTS) is 1. The van der Waals surface area contributed by atoms with Gasteiger partial charge in [-0.3, -0.25) is 9.59 Å². The van der Waals surface area contributed by atoms with Crippen LogP contribution in [-0.2, 0) is 9.59 Å². The Kier molecular flexibility index (Phi) is 4.66. The van der Waals surface area contributed by atoms with Gasteiger partial charge in [0, 0.05) is 12.1 Å². The maximum absolute atomic E-state index is 13.1. The number of nitrogens with one attached hydrogen (secondary N) is 1. The summed E-state index contributed by atoms with van der Waals surface area (Å²) in [7, 11) is 0. The van der Waals surface area contributed by atoms with Crippen molar-refractivity contribution in [3.05, 3.63) is 29.8 Å². The molecule has 6 heteroatoms. The molecule has 4 saturated carbocycles.